The molecule has 0 fully saturated rings. The van der Waals surface area contributed by atoms with Gasteiger partial charge in [0.1, 0.15) is 6.29 Å². The quantitative estimate of drug-likeness (QED) is 0.185. The van der Waals surface area contributed by atoms with Gasteiger partial charge in [-0.15, -0.1) is 0 Å². The number of aliphatic hydroxyl groups is 1. The number of nitrogens with two attached hydrogens (primary N) is 1. The third kappa shape index (κ3) is 7.00. The number of amides is 4. The molecular formula is C31H44N3O7P. The van der Waals surface area contributed by atoms with Gasteiger partial charge in [-0.1, -0.05) is 65.3 Å². The highest BCUT2D eigenvalue weighted by molar-refractivity contribution is 7.58. The van der Waals surface area contributed by atoms with Crippen LogP contribution in [0.3, 0.4) is 0 Å². The van der Waals surface area contributed by atoms with Gasteiger partial charge in [0, 0.05) is 35.8 Å². The van der Waals surface area contributed by atoms with Crippen LogP contribution in [0.15, 0.2) is 36.4 Å². The summed E-state index contributed by atoms with van der Waals surface area (Å²) in [4.78, 5) is 67.5. The van der Waals surface area contributed by atoms with Gasteiger partial charge in [0.15, 0.2) is 0 Å². The molecule has 11 heteroatoms. The second-order valence-corrected chi connectivity index (χ2v) is 15.2. The summed E-state index contributed by atoms with van der Waals surface area (Å²) in [6.45, 7) is 8.93. The van der Waals surface area contributed by atoms with E-state index in [0.717, 1.165) is 9.80 Å². The average molecular weight is 602 g/mol. The maximum absolute atomic E-state index is 14.3. The van der Waals surface area contributed by atoms with Gasteiger partial charge in [-0.25, -0.2) is 0 Å². The van der Waals surface area contributed by atoms with Gasteiger partial charge < -0.3 is 15.7 Å². The molecule has 1 aliphatic heterocycles. The molecule has 0 aromatic heterocycles. The van der Waals surface area contributed by atoms with E-state index in [2.05, 4.69) is 0 Å². The van der Waals surface area contributed by atoms with Gasteiger partial charge in [0.05, 0.1) is 12.0 Å². The number of imide groups is 2. The van der Waals surface area contributed by atoms with Crippen molar-refractivity contribution < 1.29 is 33.7 Å². The molecule has 3 unspecified atom stereocenters. The fourth-order valence-electron chi connectivity index (χ4n) is 5.53. The third-order valence-electron chi connectivity index (χ3n) is 7.99. The van der Waals surface area contributed by atoms with Crippen molar-refractivity contribution in [3.8, 4) is 0 Å². The standard InChI is InChI=1S/C31H44N3O7P/c1-19(2)17-23(27(36)33(6)30(39)26(32)31(3,4)5)24(15-7-8-16-35)42(40,41)18-34-28(37)21-13-9-11-20-12-10-14-22(25(20)21)29(34)38/h9-14,19,23-24,26,35H,7-8,15-18,32H2,1-6H3,(H,40,41)/t23?,24?,26-/m1/s1. The molecule has 230 valence electrons. The fourth-order valence-corrected chi connectivity index (χ4v) is 7.80. The Morgan fingerprint density at radius 2 is 1.55 bits per heavy atom. The summed E-state index contributed by atoms with van der Waals surface area (Å²) >= 11 is 0. The summed E-state index contributed by atoms with van der Waals surface area (Å²) in [7, 11) is -3.13. The van der Waals surface area contributed by atoms with Crippen molar-refractivity contribution in [2.24, 2.45) is 23.0 Å². The monoisotopic (exact) mass is 601 g/mol. The van der Waals surface area contributed by atoms with Crippen LogP contribution in [0.2, 0.25) is 0 Å². The highest BCUT2D eigenvalue weighted by atomic mass is 31.2. The molecular weight excluding hydrogens is 557 g/mol. The predicted molar refractivity (Wildman–Crippen MR) is 162 cm³/mol. The van der Waals surface area contributed by atoms with E-state index in [1.54, 1.807) is 57.2 Å². The number of hydrogen-bond donors (Lipinski definition) is 3. The number of carbonyl (C=O) groups excluding carboxylic acids is 4. The Balaban J connectivity index is 2.02. The number of carbonyl (C=O) groups is 4. The Morgan fingerprint density at radius 3 is 2.02 bits per heavy atom. The molecule has 10 nitrogen and oxygen atoms in total. The summed E-state index contributed by atoms with van der Waals surface area (Å²) in [5.74, 6) is -3.74. The minimum absolute atomic E-state index is 0.0766. The normalized spacial score (nSPS) is 17.2. The number of rotatable bonds is 12. The lowest BCUT2D eigenvalue weighted by Crippen LogP contribution is -2.53. The fraction of sp³-hybridized carbons (Fsp3) is 0.548. The first-order chi connectivity index (χ1) is 19.5. The molecule has 4 amide bonds. The van der Waals surface area contributed by atoms with E-state index in [1.807, 2.05) is 13.8 Å². The second-order valence-electron chi connectivity index (χ2n) is 12.7. The predicted octanol–water partition coefficient (Wildman–Crippen LogP) is 4.22. The number of unbranched alkanes of at least 4 members (excludes halogenated alkanes) is 1. The van der Waals surface area contributed by atoms with Gasteiger partial charge >= 0.3 is 0 Å². The molecule has 2 aromatic rings. The van der Waals surface area contributed by atoms with Crippen LogP contribution in [-0.4, -0.2) is 75.1 Å². The minimum Gasteiger partial charge on any atom is -0.396 e. The Hall–Kier alpha value is -2.91. The lowest BCUT2D eigenvalue weighted by atomic mass is 9.85. The van der Waals surface area contributed by atoms with Gasteiger partial charge in [-0.05, 0) is 48.1 Å². The van der Waals surface area contributed by atoms with Crippen molar-refractivity contribution in [2.75, 3.05) is 19.9 Å². The van der Waals surface area contributed by atoms with Crippen molar-refractivity contribution >= 4 is 41.8 Å². The highest BCUT2D eigenvalue weighted by Gasteiger charge is 2.46. The number of likely N-dealkylation sites (N-methyl/N-ethyl adjacent to an activating group) is 1. The summed E-state index contributed by atoms with van der Waals surface area (Å²) in [5, 5.41) is 10.6. The summed E-state index contributed by atoms with van der Waals surface area (Å²) in [6.07, 6.45) is 0.156. The van der Waals surface area contributed by atoms with E-state index >= 15 is 0 Å². The van der Waals surface area contributed by atoms with Gasteiger partial charge in [0.2, 0.25) is 19.2 Å². The van der Waals surface area contributed by atoms with Crippen LogP contribution < -0.4 is 5.73 Å². The van der Waals surface area contributed by atoms with E-state index in [0.29, 0.717) is 23.6 Å². The number of hydrogen-bond acceptors (Lipinski definition) is 7. The first-order valence-electron chi connectivity index (χ1n) is 14.4. The summed E-state index contributed by atoms with van der Waals surface area (Å²) in [6, 6.07) is 9.14. The molecule has 0 bridgehead atoms. The number of aliphatic hydroxyl groups excluding tert-OH is 1. The molecule has 1 aliphatic rings. The van der Waals surface area contributed by atoms with Gasteiger partial charge in [-0.3, -0.25) is 33.5 Å². The first kappa shape index (κ1) is 33.6. The average Bonchev–Trinajstić information content (AvgIpc) is 2.92. The maximum atomic E-state index is 14.3. The van der Waals surface area contributed by atoms with Crippen LogP contribution in [-0.2, 0) is 14.2 Å². The van der Waals surface area contributed by atoms with Gasteiger partial charge in [-0.2, -0.15) is 0 Å². The van der Waals surface area contributed by atoms with E-state index in [-0.39, 0.29) is 36.5 Å². The van der Waals surface area contributed by atoms with Crippen LogP contribution in [0.1, 0.15) is 81.0 Å². The van der Waals surface area contributed by atoms with Crippen LogP contribution >= 0.6 is 7.37 Å². The molecule has 42 heavy (non-hydrogen) atoms. The second kappa shape index (κ2) is 13.2. The Morgan fingerprint density at radius 1 is 1.00 bits per heavy atom. The summed E-state index contributed by atoms with van der Waals surface area (Å²) in [5.41, 5.74) is 4.88. The molecule has 0 radical (unpaired) electrons. The van der Waals surface area contributed by atoms with Crippen molar-refractivity contribution in [3.63, 3.8) is 0 Å². The van der Waals surface area contributed by atoms with Crippen LogP contribution in [0.5, 0.6) is 0 Å². The third-order valence-corrected chi connectivity index (χ3v) is 10.3. The smallest absolute Gasteiger partial charge is 0.261 e. The van der Waals surface area contributed by atoms with E-state index < -0.39 is 60.3 Å². The van der Waals surface area contributed by atoms with Crippen molar-refractivity contribution in [2.45, 2.75) is 72.0 Å². The topological polar surface area (TPSA) is 158 Å². The first-order valence-corrected chi connectivity index (χ1v) is 16.3. The van der Waals surface area contributed by atoms with Crippen molar-refractivity contribution in [1.29, 1.82) is 0 Å². The molecule has 1 heterocycles. The Labute approximate surface area is 247 Å². The number of benzene rings is 2. The molecule has 3 rings (SSSR count). The van der Waals surface area contributed by atoms with Crippen LogP contribution in [0, 0.1) is 17.3 Å². The zero-order valence-electron chi connectivity index (χ0n) is 25.4. The molecule has 2 aromatic carbocycles. The largest absolute Gasteiger partial charge is 0.396 e. The molecule has 4 atom stereocenters. The lowest BCUT2D eigenvalue weighted by Gasteiger charge is -2.37. The van der Waals surface area contributed by atoms with Crippen molar-refractivity contribution in [1.82, 2.24) is 9.80 Å². The Bertz CT molecular complexity index is 1350. The van der Waals surface area contributed by atoms with E-state index in [9.17, 15) is 33.7 Å². The van der Waals surface area contributed by atoms with E-state index in [1.165, 1.54) is 7.05 Å². The van der Waals surface area contributed by atoms with Crippen LogP contribution in [0.4, 0.5) is 0 Å². The molecule has 0 spiro atoms. The summed E-state index contributed by atoms with van der Waals surface area (Å²) < 4.78 is 14.3. The number of nitrogens with zero attached hydrogens (tertiary/aromatic N) is 2. The zero-order valence-corrected chi connectivity index (χ0v) is 26.3. The molecule has 0 saturated carbocycles. The maximum Gasteiger partial charge on any atom is 0.261 e. The van der Waals surface area contributed by atoms with Crippen LogP contribution in [0.25, 0.3) is 10.8 Å². The lowest BCUT2D eigenvalue weighted by molar-refractivity contribution is -0.148. The van der Waals surface area contributed by atoms with Gasteiger partial charge in [0.25, 0.3) is 11.8 Å². The molecule has 0 saturated heterocycles. The Kier molecular flexibility index (Phi) is 10.5. The zero-order chi connectivity index (χ0) is 31.6. The SMILES string of the molecule is CC(C)CC(C(=O)N(C)C(=O)[C@@H](N)C(C)(C)C)C(CCCCO)P(=O)(O)CN1C(=O)c2cccc3cccc(c23)C1=O. The minimum atomic E-state index is -4.45. The van der Waals surface area contributed by atoms with E-state index in [4.69, 9.17) is 5.73 Å². The molecule has 0 aliphatic carbocycles. The highest BCUT2D eigenvalue weighted by Crippen LogP contribution is 2.54. The van der Waals surface area contributed by atoms with Crippen molar-refractivity contribution in [3.05, 3.63) is 47.5 Å². The molecule has 4 N–H and O–H groups in total.